The quantitative estimate of drug-likeness (QED) is 0.540. The van der Waals surface area contributed by atoms with Crippen molar-refractivity contribution in [3.05, 3.63) is 77.6 Å². The second kappa shape index (κ2) is 8.34. The number of aromatic amines is 1. The third kappa shape index (κ3) is 4.25. The average Bonchev–Trinajstić information content (AvgIpc) is 3.16. The first-order valence-corrected chi connectivity index (χ1v) is 10.5. The van der Waals surface area contributed by atoms with Gasteiger partial charge in [-0.05, 0) is 60.0 Å². The van der Waals surface area contributed by atoms with Crippen molar-refractivity contribution in [1.29, 1.82) is 0 Å². The van der Waals surface area contributed by atoms with E-state index < -0.39 is 0 Å². The van der Waals surface area contributed by atoms with Crippen molar-refractivity contribution in [2.24, 2.45) is 0 Å². The monoisotopic (exact) mass is 398 g/mol. The van der Waals surface area contributed by atoms with Crippen LogP contribution in [0.3, 0.4) is 0 Å². The van der Waals surface area contributed by atoms with E-state index in [1.165, 1.54) is 16.7 Å². The van der Waals surface area contributed by atoms with Gasteiger partial charge >= 0.3 is 0 Å². The van der Waals surface area contributed by atoms with Crippen LogP contribution in [0.2, 0.25) is 0 Å². The number of nitrogens with zero attached hydrogens (tertiary/aromatic N) is 4. The lowest BCUT2D eigenvalue weighted by atomic mass is 10.1. The van der Waals surface area contributed by atoms with Crippen LogP contribution in [0.25, 0.3) is 22.2 Å². The fourth-order valence-corrected chi connectivity index (χ4v) is 4.07. The summed E-state index contributed by atoms with van der Waals surface area (Å²) in [6.07, 6.45) is 4.47. The summed E-state index contributed by atoms with van der Waals surface area (Å²) in [6.45, 7) is 7.32. The van der Waals surface area contributed by atoms with Crippen molar-refractivity contribution in [1.82, 2.24) is 30.2 Å². The Labute approximate surface area is 176 Å². The molecule has 1 aliphatic rings. The van der Waals surface area contributed by atoms with Crippen molar-refractivity contribution >= 4 is 11.0 Å². The van der Waals surface area contributed by atoms with Crippen LogP contribution in [-0.2, 0) is 13.0 Å². The molecule has 30 heavy (non-hydrogen) atoms. The third-order valence-electron chi connectivity index (χ3n) is 5.61. The molecule has 5 rings (SSSR count). The van der Waals surface area contributed by atoms with Crippen molar-refractivity contribution in [3.8, 4) is 11.1 Å². The van der Waals surface area contributed by atoms with Gasteiger partial charge in [0.05, 0.1) is 11.0 Å². The van der Waals surface area contributed by atoms with Gasteiger partial charge in [-0.3, -0.25) is 14.9 Å². The third-order valence-corrected chi connectivity index (χ3v) is 5.61. The maximum Gasteiger partial charge on any atom is 0.113 e. The Bertz CT molecular complexity index is 1160. The first-order chi connectivity index (χ1) is 14.7. The number of benzene rings is 1. The van der Waals surface area contributed by atoms with Crippen molar-refractivity contribution in [2.45, 2.75) is 19.9 Å². The normalized spacial score (nSPS) is 15.0. The molecule has 152 valence electrons. The number of rotatable bonds is 5. The molecule has 2 N–H and O–H groups in total. The largest absolute Gasteiger partial charge is 0.342 e. The molecule has 0 bridgehead atoms. The number of hydrogen-bond donors (Lipinski definition) is 2. The Morgan fingerprint density at radius 3 is 2.63 bits per heavy atom. The molecule has 1 fully saturated rings. The summed E-state index contributed by atoms with van der Waals surface area (Å²) in [6, 6.07) is 14.8. The highest BCUT2D eigenvalue weighted by Gasteiger charge is 2.11. The molecule has 6 nitrogen and oxygen atoms in total. The van der Waals surface area contributed by atoms with Crippen molar-refractivity contribution in [2.75, 3.05) is 26.2 Å². The van der Waals surface area contributed by atoms with E-state index in [1.54, 1.807) is 0 Å². The number of aryl methyl sites for hydroxylation is 1. The molecule has 4 aromatic rings. The predicted octanol–water partition coefficient (Wildman–Crippen LogP) is 3.32. The minimum atomic E-state index is 0.702. The number of piperazine rings is 1. The molecule has 0 unspecified atom stereocenters. The van der Waals surface area contributed by atoms with Gasteiger partial charge in [0.1, 0.15) is 5.82 Å². The van der Waals surface area contributed by atoms with Crippen LogP contribution in [0.15, 0.2) is 54.9 Å². The van der Waals surface area contributed by atoms with Crippen LogP contribution in [0.4, 0.5) is 0 Å². The second-order valence-corrected chi connectivity index (χ2v) is 7.96. The topological polar surface area (TPSA) is 69.7 Å². The predicted molar refractivity (Wildman–Crippen MR) is 119 cm³/mol. The molecule has 6 heteroatoms. The van der Waals surface area contributed by atoms with E-state index in [4.69, 9.17) is 4.98 Å². The van der Waals surface area contributed by atoms with Crippen LogP contribution >= 0.6 is 0 Å². The van der Waals surface area contributed by atoms with Crippen LogP contribution in [0.5, 0.6) is 0 Å². The number of fused-ring (bicyclic) bond motifs is 1. The van der Waals surface area contributed by atoms with Gasteiger partial charge in [0.2, 0.25) is 0 Å². The molecule has 0 saturated carbocycles. The van der Waals surface area contributed by atoms with Gasteiger partial charge in [-0.25, -0.2) is 4.98 Å². The standard InChI is InChI=1S/C24H26N6/c1-17-12-20(5-7-26-17)19-2-3-22-23(14-19)29-24(28-22)15-21-13-18(4-6-27-21)16-30-10-8-25-9-11-30/h2-7,12-14,25H,8-11,15-16H2,1H3,(H,28,29). The maximum atomic E-state index is 4.78. The maximum absolute atomic E-state index is 4.78. The molecule has 0 amide bonds. The fraction of sp³-hybridized carbons (Fsp3) is 0.292. The number of hydrogen-bond acceptors (Lipinski definition) is 5. The van der Waals surface area contributed by atoms with E-state index in [9.17, 15) is 0 Å². The summed E-state index contributed by atoms with van der Waals surface area (Å²) in [5.74, 6) is 0.944. The van der Waals surface area contributed by atoms with Gasteiger partial charge in [0.15, 0.2) is 0 Å². The molecule has 1 aromatic carbocycles. The zero-order chi connectivity index (χ0) is 20.3. The molecule has 0 spiro atoms. The summed E-state index contributed by atoms with van der Waals surface area (Å²) in [7, 11) is 0. The van der Waals surface area contributed by atoms with Gasteiger partial charge in [0, 0.05) is 62.9 Å². The highest BCUT2D eigenvalue weighted by atomic mass is 15.2. The number of pyridine rings is 2. The first-order valence-electron chi connectivity index (χ1n) is 10.5. The molecular formula is C24H26N6. The first kappa shape index (κ1) is 18.9. The molecule has 1 saturated heterocycles. The smallest absolute Gasteiger partial charge is 0.113 e. The highest BCUT2D eigenvalue weighted by Crippen LogP contribution is 2.24. The Morgan fingerprint density at radius 1 is 0.933 bits per heavy atom. The second-order valence-electron chi connectivity index (χ2n) is 7.96. The van der Waals surface area contributed by atoms with E-state index >= 15 is 0 Å². The Morgan fingerprint density at radius 2 is 1.77 bits per heavy atom. The lowest BCUT2D eigenvalue weighted by molar-refractivity contribution is 0.233. The molecule has 4 heterocycles. The number of H-pyrrole nitrogens is 1. The lowest BCUT2D eigenvalue weighted by Crippen LogP contribution is -2.42. The molecule has 0 aliphatic carbocycles. The van der Waals surface area contributed by atoms with Crippen LogP contribution in [0, 0.1) is 6.92 Å². The zero-order valence-corrected chi connectivity index (χ0v) is 17.2. The van der Waals surface area contributed by atoms with Gasteiger partial charge in [-0.15, -0.1) is 0 Å². The van der Waals surface area contributed by atoms with Gasteiger partial charge in [0.25, 0.3) is 0 Å². The van der Waals surface area contributed by atoms with E-state index in [0.717, 1.165) is 61.0 Å². The van der Waals surface area contributed by atoms with Crippen LogP contribution < -0.4 is 5.32 Å². The molecule has 1 aliphatic heterocycles. The van der Waals surface area contributed by atoms with Crippen LogP contribution in [0.1, 0.15) is 22.8 Å². The lowest BCUT2D eigenvalue weighted by Gasteiger charge is -2.27. The minimum Gasteiger partial charge on any atom is -0.342 e. The van der Waals surface area contributed by atoms with Crippen molar-refractivity contribution in [3.63, 3.8) is 0 Å². The summed E-state index contributed by atoms with van der Waals surface area (Å²) in [5.41, 5.74) is 7.75. The average molecular weight is 399 g/mol. The molecular weight excluding hydrogens is 372 g/mol. The van der Waals surface area contributed by atoms with Crippen LogP contribution in [-0.4, -0.2) is 51.0 Å². The molecule has 0 atom stereocenters. The van der Waals surface area contributed by atoms with Gasteiger partial charge in [-0.2, -0.15) is 0 Å². The summed E-state index contributed by atoms with van der Waals surface area (Å²) in [4.78, 5) is 19.6. The summed E-state index contributed by atoms with van der Waals surface area (Å²) in [5, 5.41) is 3.40. The fourth-order valence-electron chi connectivity index (χ4n) is 4.07. The highest BCUT2D eigenvalue weighted by molar-refractivity contribution is 5.82. The van der Waals surface area contributed by atoms with E-state index in [0.29, 0.717) is 6.42 Å². The van der Waals surface area contributed by atoms with E-state index in [2.05, 4.69) is 61.6 Å². The Kier molecular flexibility index (Phi) is 5.26. The zero-order valence-electron chi connectivity index (χ0n) is 17.2. The summed E-state index contributed by atoms with van der Waals surface area (Å²) < 4.78 is 0. The van der Waals surface area contributed by atoms with Gasteiger partial charge < -0.3 is 10.3 Å². The number of aromatic nitrogens is 4. The van der Waals surface area contributed by atoms with Crippen molar-refractivity contribution < 1.29 is 0 Å². The minimum absolute atomic E-state index is 0.702. The summed E-state index contributed by atoms with van der Waals surface area (Å²) >= 11 is 0. The SMILES string of the molecule is Cc1cc(-c2ccc3nc(Cc4cc(CN5CCNCC5)ccn4)[nH]c3c2)ccn1. The van der Waals surface area contributed by atoms with E-state index in [1.807, 2.05) is 25.4 Å². The molecule has 0 radical (unpaired) electrons. The van der Waals surface area contributed by atoms with Gasteiger partial charge in [-0.1, -0.05) is 6.07 Å². The number of imidazole rings is 1. The Hall–Kier alpha value is -3.09. The Balaban J connectivity index is 1.34. The number of nitrogens with one attached hydrogen (secondary N) is 2. The van der Waals surface area contributed by atoms with E-state index in [-0.39, 0.29) is 0 Å². The molecule has 3 aromatic heterocycles.